The quantitative estimate of drug-likeness (QED) is 0.710. The van der Waals surface area contributed by atoms with E-state index in [9.17, 15) is 5.11 Å². The highest BCUT2D eigenvalue weighted by atomic mass is 32.2. The lowest BCUT2D eigenvalue weighted by atomic mass is 9.79. The van der Waals surface area contributed by atoms with Gasteiger partial charge in [0.1, 0.15) is 5.60 Å². The monoisotopic (exact) mass is 304 g/mol. The third-order valence-electron chi connectivity index (χ3n) is 4.26. The Balaban J connectivity index is 2.08. The van der Waals surface area contributed by atoms with Crippen molar-refractivity contribution >= 4 is 11.8 Å². The second-order valence-corrected chi connectivity index (χ2v) is 6.54. The summed E-state index contributed by atoms with van der Waals surface area (Å²) in [4.78, 5) is 1.14. The van der Waals surface area contributed by atoms with E-state index >= 15 is 0 Å². The Morgan fingerprint density at radius 1 is 0.727 bits per heavy atom. The van der Waals surface area contributed by atoms with Gasteiger partial charge in [-0.3, -0.25) is 0 Å². The third kappa shape index (κ3) is 1.99. The lowest BCUT2D eigenvalue weighted by Gasteiger charge is -2.31. The second kappa shape index (κ2) is 5.31. The average Bonchev–Trinajstić information content (AvgIpc) is 2.73. The molecule has 3 aromatic rings. The molecule has 0 spiro atoms. The van der Waals surface area contributed by atoms with Gasteiger partial charge in [-0.25, -0.2) is 0 Å². The van der Waals surface area contributed by atoms with Gasteiger partial charge in [0.15, 0.2) is 0 Å². The van der Waals surface area contributed by atoms with Gasteiger partial charge in [-0.1, -0.05) is 72.8 Å². The predicted octanol–water partition coefficient (Wildman–Crippen LogP) is 4.58. The number of aliphatic hydroxyl groups is 1. The molecule has 1 unspecified atom stereocenters. The minimum atomic E-state index is -1.10. The zero-order valence-electron chi connectivity index (χ0n) is 12.1. The second-order valence-electron chi connectivity index (χ2n) is 5.52. The molecule has 22 heavy (non-hydrogen) atoms. The van der Waals surface area contributed by atoms with Crippen LogP contribution in [0.3, 0.4) is 0 Å². The molecule has 1 aliphatic heterocycles. The molecule has 1 nitrogen and oxygen atoms in total. The summed E-state index contributed by atoms with van der Waals surface area (Å²) in [7, 11) is 0. The van der Waals surface area contributed by atoms with Crippen molar-refractivity contribution in [3.8, 4) is 0 Å². The van der Waals surface area contributed by atoms with E-state index in [1.807, 2.05) is 66.7 Å². The molecule has 1 heterocycles. The molecule has 0 radical (unpaired) electrons. The van der Waals surface area contributed by atoms with Gasteiger partial charge in [-0.05, 0) is 22.8 Å². The van der Waals surface area contributed by atoms with E-state index in [1.165, 1.54) is 5.56 Å². The summed E-state index contributed by atoms with van der Waals surface area (Å²) in [5.41, 5.74) is 2.96. The van der Waals surface area contributed by atoms with Crippen molar-refractivity contribution in [2.75, 3.05) is 0 Å². The lowest BCUT2D eigenvalue weighted by Crippen LogP contribution is -2.29. The minimum absolute atomic E-state index is 0.877. The van der Waals surface area contributed by atoms with Gasteiger partial charge < -0.3 is 5.11 Å². The Morgan fingerprint density at radius 3 is 2.18 bits per heavy atom. The molecule has 0 amide bonds. The Kier molecular flexibility index (Phi) is 3.29. The van der Waals surface area contributed by atoms with Crippen molar-refractivity contribution in [1.29, 1.82) is 0 Å². The summed E-state index contributed by atoms with van der Waals surface area (Å²) in [6.07, 6.45) is 0. The van der Waals surface area contributed by atoms with E-state index in [1.54, 1.807) is 11.8 Å². The Morgan fingerprint density at radius 2 is 1.36 bits per heavy atom. The smallest absolute Gasteiger partial charge is 0.141 e. The van der Waals surface area contributed by atoms with Crippen LogP contribution in [0.15, 0.2) is 83.8 Å². The highest BCUT2D eigenvalue weighted by Crippen LogP contribution is 2.46. The number of fused-ring (bicyclic) bond motifs is 2. The first kappa shape index (κ1) is 13.6. The van der Waals surface area contributed by atoms with Crippen molar-refractivity contribution in [2.24, 2.45) is 0 Å². The Labute approximate surface area is 134 Å². The predicted molar refractivity (Wildman–Crippen MR) is 91.0 cm³/mol. The van der Waals surface area contributed by atoms with Crippen LogP contribution in [0.1, 0.15) is 22.3 Å². The van der Waals surface area contributed by atoms with Crippen LogP contribution in [-0.2, 0) is 11.4 Å². The van der Waals surface area contributed by atoms with Gasteiger partial charge in [0, 0.05) is 16.2 Å². The van der Waals surface area contributed by atoms with E-state index in [0.29, 0.717) is 0 Å². The largest absolute Gasteiger partial charge is 0.376 e. The molecule has 0 bridgehead atoms. The van der Waals surface area contributed by atoms with Crippen molar-refractivity contribution in [3.05, 3.63) is 101 Å². The molecule has 4 rings (SSSR count). The first-order valence-corrected chi connectivity index (χ1v) is 8.37. The van der Waals surface area contributed by atoms with Gasteiger partial charge in [0.25, 0.3) is 0 Å². The first-order chi connectivity index (χ1) is 10.8. The van der Waals surface area contributed by atoms with E-state index in [2.05, 4.69) is 12.1 Å². The number of thioether (sulfide) groups is 1. The SMILES string of the molecule is OC1(c2ccccc2)c2ccccc2CSc2ccccc21. The fourth-order valence-electron chi connectivity index (χ4n) is 3.18. The van der Waals surface area contributed by atoms with Gasteiger partial charge in [-0.15, -0.1) is 11.8 Å². The van der Waals surface area contributed by atoms with Crippen LogP contribution in [-0.4, -0.2) is 5.11 Å². The summed E-state index contributed by atoms with van der Waals surface area (Å²) in [6, 6.07) is 26.3. The van der Waals surface area contributed by atoms with Gasteiger partial charge >= 0.3 is 0 Å². The van der Waals surface area contributed by atoms with Crippen LogP contribution in [0.2, 0.25) is 0 Å². The molecular formula is C20H16OS. The zero-order valence-corrected chi connectivity index (χ0v) is 12.9. The molecule has 0 saturated heterocycles. The third-order valence-corrected chi connectivity index (χ3v) is 5.38. The summed E-state index contributed by atoms with van der Waals surface area (Å²) >= 11 is 1.79. The van der Waals surface area contributed by atoms with Crippen molar-refractivity contribution < 1.29 is 5.11 Å². The van der Waals surface area contributed by atoms with Crippen molar-refractivity contribution in [1.82, 2.24) is 0 Å². The topological polar surface area (TPSA) is 20.2 Å². The minimum Gasteiger partial charge on any atom is -0.376 e. The molecule has 108 valence electrons. The highest BCUT2D eigenvalue weighted by Gasteiger charge is 2.38. The number of benzene rings is 3. The molecule has 1 N–H and O–H groups in total. The molecule has 0 saturated carbocycles. The summed E-state index contributed by atoms with van der Waals surface area (Å²) in [5.74, 6) is 0.877. The molecule has 1 aliphatic rings. The van der Waals surface area contributed by atoms with E-state index < -0.39 is 5.60 Å². The van der Waals surface area contributed by atoms with Crippen LogP contribution < -0.4 is 0 Å². The number of rotatable bonds is 1. The van der Waals surface area contributed by atoms with E-state index in [-0.39, 0.29) is 0 Å². The van der Waals surface area contributed by atoms with E-state index in [0.717, 1.165) is 27.3 Å². The molecular weight excluding hydrogens is 288 g/mol. The van der Waals surface area contributed by atoms with Crippen LogP contribution in [0, 0.1) is 0 Å². The Hall–Kier alpha value is -2.03. The maximum Gasteiger partial charge on any atom is 0.141 e. The summed E-state index contributed by atoms with van der Waals surface area (Å²) < 4.78 is 0. The van der Waals surface area contributed by atoms with Crippen LogP contribution in [0.5, 0.6) is 0 Å². The van der Waals surface area contributed by atoms with E-state index in [4.69, 9.17) is 0 Å². The van der Waals surface area contributed by atoms with Crippen molar-refractivity contribution in [2.45, 2.75) is 16.2 Å². The van der Waals surface area contributed by atoms with Gasteiger partial charge in [0.05, 0.1) is 0 Å². The summed E-state index contributed by atoms with van der Waals surface area (Å²) in [6.45, 7) is 0. The highest BCUT2D eigenvalue weighted by molar-refractivity contribution is 7.98. The lowest BCUT2D eigenvalue weighted by molar-refractivity contribution is 0.122. The molecule has 2 heteroatoms. The van der Waals surface area contributed by atoms with Crippen LogP contribution in [0.25, 0.3) is 0 Å². The first-order valence-electron chi connectivity index (χ1n) is 7.39. The van der Waals surface area contributed by atoms with Gasteiger partial charge in [0.2, 0.25) is 0 Å². The molecule has 0 aliphatic carbocycles. The fourth-order valence-corrected chi connectivity index (χ4v) is 4.29. The maximum atomic E-state index is 11.8. The Bertz CT molecular complexity index is 763. The maximum absolute atomic E-state index is 11.8. The van der Waals surface area contributed by atoms with Crippen LogP contribution >= 0.6 is 11.8 Å². The number of hydrogen-bond donors (Lipinski definition) is 1. The molecule has 1 atom stereocenters. The normalized spacial score (nSPS) is 19.9. The fraction of sp³-hybridized carbons (Fsp3) is 0.100. The molecule has 0 aromatic heterocycles. The van der Waals surface area contributed by atoms with Gasteiger partial charge in [-0.2, -0.15) is 0 Å². The van der Waals surface area contributed by atoms with Crippen LogP contribution in [0.4, 0.5) is 0 Å². The zero-order chi connectivity index (χ0) is 15.0. The number of hydrogen-bond acceptors (Lipinski definition) is 2. The molecule has 0 fully saturated rings. The summed E-state index contributed by atoms with van der Waals surface area (Å²) in [5, 5.41) is 11.8. The standard InChI is InChI=1S/C20H16OS/c21-20(16-9-2-1-3-10-16)17-11-5-4-8-15(17)14-22-19-13-7-6-12-18(19)20/h1-13,21H,14H2. The average molecular weight is 304 g/mol. The molecule has 3 aromatic carbocycles. The van der Waals surface area contributed by atoms with Crippen molar-refractivity contribution in [3.63, 3.8) is 0 Å².